The summed E-state index contributed by atoms with van der Waals surface area (Å²) in [5, 5.41) is 6.29. The molecular weight excluding hydrogens is 390 g/mol. The summed E-state index contributed by atoms with van der Waals surface area (Å²) < 4.78 is 4.83. The molecule has 2 N–H and O–H groups in total. The van der Waals surface area contributed by atoms with Crippen LogP contribution in [0.1, 0.15) is 37.7 Å². The van der Waals surface area contributed by atoms with Gasteiger partial charge >= 0.3 is 5.97 Å². The predicted molar refractivity (Wildman–Crippen MR) is 112 cm³/mol. The summed E-state index contributed by atoms with van der Waals surface area (Å²) in [5.74, 6) is -0.976. The molecule has 1 aromatic carbocycles. The van der Waals surface area contributed by atoms with Gasteiger partial charge in [0, 0.05) is 12.6 Å². The molecule has 1 aliphatic carbocycles. The normalized spacial score (nSPS) is 24.9. The fourth-order valence-electron chi connectivity index (χ4n) is 4.06. The van der Waals surface area contributed by atoms with Crippen molar-refractivity contribution in [2.45, 2.75) is 38.1 Å². The number of hydrogen-bond acceptors (Lipinski definition) is 5. The van der Waals surface area contributed by atoms with Crippen molar-refractivity contribution in [2.75, 3.05) is 20.2 Å². The zero-order valence-corrected chi connectivity index (χ0v) is 17.5. The molecule has 0 bridgehead atoms. The van der Waals surface area contributed by atoms with Crippen LogP contribution in [-0.2, 0) is 19.1 Å². The molecule has 8 heteroatoms. The number of esters is 1. The Hall–Kier alpha value is -2.48. The first-order chi connectivity index (χ1) is 13.9. The average Bonchev–Trinajstić information content (AvgIpc) is 2.74. The van der Waals surface area contributed by atoms with Crippen molar-refractivity contribution in [1.82, 2.24) is 15.5 Å². The Morgan fingerprint density at radius 1 is 1.31 bits per heavy atom. The number of nitrogens with zero attached hydrogens (tertiary/aromatic N) is 1. The standard InChI is InChI=1S/C21H27N3O4S/c1-13(14-6-4-3-5-7-14)11-22-18(25)12-24-19(26)16-9-8-15(20(27)28-2)10-17(16)23-21(24)29/h3-7,13,15-17H,8-12H2,1-2H3,(H,22,25)(H,23,29). The average molecular weight is 418 g/mol. The van der Waals surface area contributed by atoms with Gasteiger partial charge < -0.3 is 15.4 Å². The Balaban J connectivity index is 1.54. The van der Waals surface area contributed by atoms with Crippen LogP contribution in [0.3, 0.4) is 0 Å². The first kappa shape index (κ1) is 21.2. The van der Waals surface area contributed by atoms with E-state index in [1.54, 1.807) is 0 Å². The lowest BCUT2D eigenvalue weighted by Crippen LogP contribution is -2.63. The van der Waals surface area contributed by atoms with E-state index in [1.165, 1.54) is 12.0 Å². The van der Waals surface area contributed by atoms with Crippen molar-refractivity contribution >= 4 is 35.1 Å². The molecule has 1 heterocycles. The number of amides is 2. The summed E-state index contributed by atoms with van der Waals surface area (Å²) in [5.41, 5.74) is 1.14. The molecule has 1 aliphatic heterocycles. The second-order valence-corrected chi connectivity index (χ2v) is 8.12. The van der Waals surface area contributed by atoms with Crippen LogP contribution < -0.4 is 10.6 Å². The number of carbonyl (C=O) groups is 3. The van der Waals surface area contributed by atoms with E-state index in [-0.39, 0.29) is 53.2 Å². The number of thiocarbonyl (C=S) groups is 1. The van der Waals surface area contributed by atoms with Crippen LogP contribution in [0.25, 0.3) is 0 Å². The highest BCUT2D eigenvalue weighted by atomic mass is 32.1. The maximum Gasteiger partial charge on any atom is 0.308 e. The van der Waals surface area contributed by atoms with Crippen molar-refractivity contribution in [1.29, 1.82) is 0 Å². The van der Waals surface area contributed by atoms with Crippen molar-refractivity contribution < 1.29 is 19.1 Å². The van der Waals surface area contributed by atoms with E-state index >= 15 is 0 Å². The second kappa shape index (κ2) is 9.35. The second-order valence-electron chi connectivity index (χ2n) is 7.74. The molecule has 0 aromatic heterocycles. The molecule has 0 radical (unpaired) electrons. The lowest BCUT2D eigenvalue weighted by molar-refractivity contribution is -0.149. The van der Waals surface area contributed by atoms with Crippen molar-refractivity contribution in [3.8, 4) is 0 Å². The minimum Gasteiger partial charge on any atom is -0.469 e. The van der Waals surface area contributed by atoms with E-state index in [4.69, 9.17) is 17.0 Å². The van der Waals surface area contributed by atoms with Gasteiger partial charge in [0.25, 0.3) is 0 Å². The zero-order chi connectivity index (χ0) is 21.0. The summed E-state index contributed by atoms with van der Waals surface area (Å²) in [6.07, 6.45) is 1.68. The fourth-order valence-corrected chi connectivity index (χ4v) is 4.36. The molecule has 2 amide bonds. The smallest absolute Gasteiger partial charge is 0.308 e. The molecular formula is C21H27N3O4S. The van der Waals surface area contributed by atoms with E-state index in [0.717, 1.165) is 5.56 Å². The number of fused-ring (bicyclic) bond motifs is 1. The molecule has 29 heavy (non-hydrogen) atoms. The molecule has 2 fully saturated rings. The molecule has 4 atom stereocenters. The number of rotatable bonds is 6. The van der Waals surface area contributed by atoms with Gasteiger partial charge in [-0.15, -0.1) is 0 Å². The van der Waals surface area contributed by atoms with Crippen molar-refractivity contribution in [2.24, 2.45) is 11.8 Å². The number of hydrogen-bond donors (Lipinski definition) is 2. The van der Waals surface area contributed by atoms with Gasteiger partial charge in [0.1, 0.15) is 6.54 Å². The van der Waals surface area contributed by atoms with Gasteiger partial charge in [0.2, 0.25) is 11.8 Å². The van der Waals surface area contributed by atoms with Gasteiger partial charge in [-0.1, -0.05) is 37.3 Å². The molecule has 2 aliphatic rings. The Morgan fingerprint density at radius 2 is 2.03 bits per heavy atom. The Kier molecular flexibility index (Phi) is 6.84. The van der Waals surface area contributed by atoms with E-state index in [9.17, 15) is 14.4 Å². The molecule has 0 spiro atoms. The van der Waals surface area contributed by atoms with Gasteiger partial charge in [-0.05, 0) is 43.0 Å². The highest BCUT2D eigenvalue weighted by Gasteiger charge is 2.44. The lowest BCUT2D eigenvalue weighted by atomic mass is 9.76. The fraction of sp³-hybridized carbons (Fsp3) is 0.524. The molecule has 7 nitrogen and oxygen atoms in total. The van der Waals surface area contributed by atoms with Gasteiger partial charge in [0.15, 0.2) is 5.11 Å². The summed E-state index contributed by atoms with van der Waals surface area (Å²) in [4.78, 5) is 38.5. The zero-order valence-electron chi connectivity index (χ0n) is 16.7. The molecule has 4 unspecified atom stereocenters. The monoisotopic (exact) mass is 417 g/mol. The first-order valence-electron chi connectivity index (χ1n) is 9.92. The van der Waals surface area contributed by atoms with Crippen LogP contribution in [0.2, 0.25) is 0 Å². The van der Waals surface area contributed by atoms with E-state index in [1.807, 2.05) is 37.3 Å². The van der Waals surface area contributed by atoms with Gasteiger partial charge in [-0.25, -0.2) is 0 Å². The van der Waals surface area contributed by atoms with Crippen LogP contribution in [0.5, 0.6) is 0 Å². The maximum atomic E-state index is 12.9. The van der Waals surface area contributed by atoms with Crippen molar-refractivity contribution in [3.05, 3.63) is 35.9 Å². The minimum absolute atomic E-state index is 0.101. The highest BCUT2D eigenvalue weighted by Crippen LogP contribution is 2.33. The lowest BCUT2D eigenvalue weighted by Gasteiger charge is -2.43. The molecule has 1 saturated carbocycles. The first-order valence-corrected chi connectivity index (χ1v) is 10.3. The molecule has 1 aromatic rings. The summed E-state index contributed by atoms with van der Waals surface area (Å²) >= 11 is 5.33. The number of carbonyl (C=O) groups excluding carboxylic acids is 3. The summed E-state index contributed by atoms with van der Waals surface area (Å²) in [7, 11) is 1.37. The van der Waals surface area contributed by atoms with Crippen LogP contribution in [0.4, 0.5) is 0 Å². The molecule has 156 valence electrons. The maximum absolute atomic E-state index is 12.9. The number of nitrogens with one attached hydrogen (secondary N) is 2. The van der Waals surface area contributed by atoms with E-state index in [0.29, 0.717) is 25.8 Å². The third kappa shape index (κ3) is 4.93. The third-order valence-electron chi connectivity index (χ3n) is 5.80. The quantitative estimate of drug-likeness (QED) is 0.540. The summed E-state index contributed by atoms with van der Waals surface area (Å²) in [6.45, 7) is 2.42. The number of ether oxygens (including phenoxy) is 1. The van der Waals surface area contributed by atoms with Gasteiger partial charge in [-0.3, -0.25) is 19.3 Å². The van der Waals surface area contributed by atoms with Crippen molar-refractivity contribution in [3.63, 3.8) is 0 Å². The number of benzene rings is 1. The largest absolute Gasteiger partial charge is 0.469 e. The predicted octanol–water partition coefficient (Wildman–Crippen LogP) is 1.58. The molecule has 3 rings (SSSR count). The third-order valence-corrected chi connectivity index (χ3v) is 6.14. The Bertz CT molecular complexity index is 785. The molecule has 1 saturated heterocycles. The van der Waals surface area contributed by atoms with Crippen LogP contribution in [-0.4, -0.2) is 54.0 Å². The van der Waals surface area contributed by atoms with Crippen LogP contribution in [0.15, 0.2) is 30.3 Å². The Morgan fingerprint density at radius 3 is 2.72 bits per heavy atom. The Labute approximate surface area is 176 Å². The minimum atomic E-state index is -0.279. The topological polar surface area (TPSA) is 87.7 Å². The van der Waals surface area contributed by atoms with Crippen LogP contribution >= 0.6 is 12.2 Å². The van der Waals surface area contributed by atoms with Gasteiger partial charge in [0.05, 0.1) is 18.9 Å². The van der Waals surface area contributed by atoms with Crippen LogP contribution in [0, 0.1) is 11.8 Å². The van der Waals surface area contributed by atoms with E-state index in [2.05, 4.69) is 10.6 Å². The highest BCUT2D eigenvalue weighted by molar-refractivity contribution is 7.80. The van der Waals surface area contributed by atoms with E-state index < -0.39 is 0 Å². The summed E-state index contributed by atoms with van der Waals surface area (Å²) in [6, 6.07) is 9.75. The SMILES string of the molecule is COC(=O)C1CCC2C(=O)N(CC(=O)NCC(C)c3ccccc3)C(=S)NC2C1. The van der Waals surface area contributed by atoms with Gasteiger partial charge in [-0.2, -0.15) is 0 Å². The number of methoxy groups -OCH3 is 1.